The molecular formula is C14H9F13O. The van der Waals surface area contributed by atoms with Gasteiger partial charge in [0.25, 0.3) is 0 Å². The predicted octanol–water partition coefficient (Wildman–Crippen LogP) is 5.94. The van der Waals surface area contributed by atoms with Gasteiger partial charge in [0, 0.05) is 5.56 Å². The zero-order valence-electron chi connectivity index (χ0n) is 13.2. The number of halogens is 13. The molecule has 1 unspecified atom stereocenters. The summed E-state index contributed by atoms with van der Waals surface area (Å²) in [4.78, 5) is 0. The second kappa shape index (κ2) is 6.66. The summed E-state index contributed by atoms with van der Waals surface area (Å²) in [5.74, 6) is -37.2. The van der Waals surface area contributed by atoms with E-state index >= 15 is 0 Å². The summed E-state index contributed by atoms with van der Waals surface area (Å²) in [7, 11) is 0. The van der Waals surface area contributed by atoms with E-state index in [9.17, 15) is 57.1 Å². The van der Waals surface area contributed by atoms with Crippen LogP contribution in [-0.4, -0.2) is 35.0 Å². The molecule has 0 spiro atoms. The van der Waals surface area contributed by atoms with Crippen molar-refractivity contribution in [2.45, 2.75) is 48.8 Å². The van der Waals surface area contributed by atoms with Crippen LogP contribution in [0.15, 0.2) is 24.3 Å². The van der Waals surface area contributed by atoms with Crippen molar-refractivity contribution in [1.82, 2.24) is 0 Å². The molecule has 28 heavy (non-hydrogen) atoms. The third-order valence-electron chi connectivity index (χ3n) is 3.69. The van der Waals surface area contributed by atoms with Crippen LogP contribution in [0.5, 0.6) is 0 Å². The zero-order chi connectivity index (χ0) is 22.6. The van der Waals surface area contributed by atoms with E-state index in [0.29, 0.717) is 12.1 Å². The van der Waals surface area contributed by atoms with Crippen molar-refractivity contribution in [3.8, 4) is 0 Å². The molecule has 0 heterocycles. The van der Waals surface area contributed by atoms with Gasteiger partial charge in [-0.05, 0) is 12.5 Å². The summed E-state index contributed by atoms with van der Waals surface area (Å²) in [5, 5.41) is 9.13. The van der Waals surface area contributed by atoms with Gasteiger partial charge in [0.1, 0.15) is 0 Å². The molecule has 14 heteroatoms. The average Bonchev–Trinajstić information content (AvgIpc) is 2.53. The fourth-order valence-corrected chi connectivity index (χ4v) is 1.92. The summed E-state index contributed by atoms with van der Waals surface area (Å²) < 4.78 is 169. The number of benzene rings is 1. The van der Waals surface area contributed by atoms with Crippen LogP contribution >= 0.6 is 0 Å². The Hall–Kier alpha value is -1.73. The number of hydrogen-bond donors (Lipinski definition) is 1. The van der Waals surface area contributed by atoms with Crippen molar-refractivity contribution in [2.24, 2.45) is 0 Å². The normalized spacial score (nSPS) is 16.2. The van der Waals surface area contributed by atoms with E-state index in [1.54, 1.807) is 0 Å². The van der Waals surface area contributed by atoms with E-state index in [0.717, 1.165) is 6.92 Å². The third-order valence-corrected chi connectivity index (χ3v) is 3.69. The SMILES string of the molecule is CC(O)c1ccc(C(F)(F)C(F)(F)C(F)(F)C(F)(F)C(F)(F)C(F)(F)F)cc1. The minimum Gasteiger partial charge on any atom is -0.389 e. The first-order chi connectivity index (χ1) is 12.2. The molecule has 0 saturated carbocycles. The third kappa shape index (κ3) is 3.28. The summed E-state index contributed by atoms with van der Waals surface area (Å²) in [6.07, 6.45) is -8.79. The van der Waals surface area contributed by atoms with Crippen LogP contribution in [0.3, 0.4) is 0 Å². The van der Waals surface area contributed by atoms with Gasteiger partial charge in [0.15, 0.2) is 0 Å². The van der Waals surface area contributed by atoms with Crippen LogP contribution in [0.2, 0.25) is 0 Å². The maximum atomic E-state index is 13.8. The van der Waals surface area contributed by atoms with Crippen LogP contribution in [0.1, 0.15) is 24.2 Å². The Morgan fingerprint density at radius 2 is 0.964 bits per heavy atom. The number of hydrogen-bond acceptors (Lipinski definition) is 1. The molecule has 0 fully saturated rings. The van der Waals surface area contributed by atoms with Gasteiger partial charge in [-0.1, -0.05) is 24.3 Å². The Morgan fingerprint density at radius 3 is 1.29 bits per heavy atom. The lowest BCUT2D eigenvalue weighted by atomic mass is 9.90. The monoisotopic (exact) mass is 440 g/mol. The highest BCUT2D eigenvalue weighted by Gasteiger charge is 2.90. The predicted molar refractivity (Wildman–Crippen MR) is 66.8 cm³/mol. The van der Waals surface area contributed by atoms with Gasteiger partial charge in [0.05, 0.1) is 6.10 Å². The van der Waals surface area contributed by atoms with E-state index in [2.05, 4.69) is 0 Å². The largest absolute Gasteiger partial charge is 0.460 e. The van der Waals surface area contributed by atoms with E-state index in [-0.39, 0.29) is 17.7 Å². The maximum Gasteiger partial charge on any atom is 0.460 e. The highest BCUT2D eigenvalue weighted by Crippen LogP contribution is 2.62. The molecular weight excluding hydrogens is 431 g/mol. The van der Waals surface area contributed by atoms with Crippen LogP contribution in [-0.2, 0) is 5.92 Å². The first kappa shape index (κ1) is 24.3. The number of alkyl halides is 13. The minimum atomic E-state index is -7.93. The lowest BCUT2D eigenvalue weighted by Crippen LogP contribution is -2.69. The lowest BCUT2D eigenvalue weighted by Gasteiger charge is -2.39. The summed E-state index contributed by atoms with van der Waals surface area (Å²) in [6.45, 7) is 1.08. The molecule has 1 rings (SSSR count). The molecule has 0 radical (unpaired) electrons. The molecule has 1 atom stereocenters. The quantitative estimate of drug-likeness (QED) is 0.544. The Balaban J connectivity index is 3.52. The number of aliphatic hydroxyl groups is 1. The second-order valence-electron chi connectivity index (χ2n) is 5.67. The lowest BCUT2D eigenvalue weighted by molar-refractivity contribution is -0.441. The molecule has 0 aliphatic carbocycles. The minimum absolute atomic E-state index is 0.00785. The van der Waals surface area contributed by atoms with Gasteiger partial charge in [-0.2, -0.15) is 57.1 Å². The smallest absolute Gasteiger partial charge is 0.389 e. The Morgan fingerprint density at radius 1 is 0.607 bits per heavy atom. The van der Waals surface area contributed by atoms with E-state index in [4.69, 9.17) is 5.11 Å². The molecule has 0 bridgehead atoms. The topological polar surface area (TPSA) is 20.2 Å². The van der Waals surface area contributed by atoms with Gasteiger partial charge in [0.2, 0.25) is 0 Å². The molecule has 0 aromatic heterocycles. The molecule has 0 saturated heterocycles. The maximum absolute atomic E-state index is 13.8. The van der Waals surface area contributed by atoms with Gasteiger partial charge in [-0.15, -0.1) is 0 Å². The fraction of sp³-hybridized carbons (Fsp3) is 0.571. The first-order valence-electron chi connectivity index (χ1n) is 6.90. The van der Waals surface area contributed by atoms with Crippen LogP contribution in [0.4, 0.5) is 57.1 Å². The Bertz CT molecular complexity index is 688. The number of aliphatic hydroxyl groups excluding tert-OH is 1. The van der Waals surface area contributed by atoms with Crippen LogP contribution in [0, 0.1) is 0 Å². The van der Waals surface area contributed by atoms with Gasteiger partial charge in [-0.3, -0.25) is 0 Å². The first-order valence-corrected chi connectivity index (χ1v) is 6.90. The highest BCUT2D eigenvalue weighted by atomic mass is 19.4. The molecule has 1 nitrogen and oxygen atoms in total. The average molecular weight is 440 g/mol. The van der Waals surface area contributed by atoms with Gasteiger partial charge in [-0.25, -0.2) is 0 Å². The zero-order valence-corrected chi connectivity index (χ0v) is 13.2. The van der Waals surface area contributed by atoms with Crippen molar-refractivity contribution in [3.63, 3.8) is 0 Å². The Labute approximate surface area is 147 Å². The van der Waals surface area contributed by atoms with Crippen molar-refractivity contribution in [3.05, 3.63) is 35.4 Å². The summed E-state index contributed by atoms with van der Waals surface area (Å²) >= 11 is 0. The standard InChI is InChI=1S/C14H9F13O/c1-6(28)7-2-4-8(5-3-7)9(15,16)10(17,18)11(19,20)12(21,22)13(23,24)14(25,26)27/h2-6,28H,1H3. The van der Waals surface area contributed by atoms with Crippen LogP contribution in [0.25, 0.3) is 0 Å². The molecule has 1 aromatic rings. The van der Waals surface area contributed by atoms with Crippen molar-refractivity contribution in [2.75, 3.05) is 0 Å². The van der Waals surface area contributed by atoms with Gasteiger partial charge >= 0.3 is 35.8 Å². The van der Waals surface area contributed by atoms with Crippen LogP contribution < -0.4 is 0 Å². The molecule has 0 amide bonds. The fourth-order valence-electron chi connectivity index (χ4n) is 1.92. The summed E-state index contributed by atoms with van der Waals surface area (Å²) in [6, 6.07) is 0.993. The van der Waals surface area contributed by atoms with E-state index < -0.39 is 47.5 Å². The van der Waals surface area contributed by atoms with E-state index in [1.807, 2.05) is 0 Å². The highest BCUT2D eigenvalue weighted by molar-refractivity contribution is 5.30. The summed E-state index contributed by atoms with van der Waals surface area (Å²) in [5.41, 5.74) is -2.30. The van der Waals surface area contributed by atoms with Crippen molar-refractivity contribution in [1.29, 1.82) is 0 Å². The molecule has 0 aliphatic rings. The molecule has 162 valence electrons. The molecule has 1 N–H and O–H groups in total. The van der Waals surface area contributed by atoms with E-state index in [1.165, 1.54) is 0 Å². The number of rotatable bonds is 6. The Kier molecular flexibility index (Phi) is 5.78. The van der Waals surface area contributed by atoms with Gasteiger partial charge < -0.3 is 5.11 Å². The van der Waals surface area contributed by atoms with Crippen molar-refractivity contribution < 1.29 is 62.2 Å². The van der Waals surface area contributed by atoms with Crippen molar-refractivity contribution >= 4 is 0 Å². The molecule has 0 aliphatic heterocycles. The molecule has 1 aromatic carbocycles. The second-order valence-corrected chi connectivity index (χ2v) is 5.67.